The van der Waals surface area contributed by atoms with E-state index in [1.54, 1.807) is 45.9 Å². The fraction of sp³-hybridized carbons (Fsp3) is 0.320. The van der Waals surface area contributed by atoms with Gasteiger partial charge < -0.3 is 29.5 Å². The minimum absolute atomic E-state index is 0.00380. The Labute approximate surface area is 384 Å². The van der Waals surface area contributed by atoms with Gasteiger partial charge in [0.15, 0.2) is 0 Å². The maximum Gasteiger partial charge on any atom is 0.442 e. The van der Waals surface area contributed by atoms with Crippen LogP contribution in [0.2, 0.25) is 0 Å². The van der Waals surface area contributed by atoms with Crippen LogP contribution >= 0.6 is 0 Å². The topological polar surface area (TPSA) is 194 Å². The summed E-state index contributed by atoms with van der Waals surface area (Å²) in [6.07, 6.45) is 5.37. The summed E-state index contributed by atoms with van der Waals surface area (Å²) >= 11 is 0. The molecule has 2 aromatic heterocycles. The Hall–Kier alpha value is -7.43. The number of rotatable bonds is 19. The molecule has 350 valence electrons. The standard InChI is InChI=1S/C50H51F3N6O8/c1-9-22-65-40(60)20-18-34-27(6)36(25-39-42(33(13-5)47(63)56-39)30-14-16-31(17-15-30)49(58-59-49)50(51,52)53)54-37(34)26-38-35(19-21-41(61)66-23-10-2)28(7)44(55-38)43(48(64)67-24-11-3)45-32(12-4)29(8)46(62)57-45/h9-12,14-17,25-26,29,54-55H,1-3,13,18-24H2,4-8H3,(H,56,63)/b32-12+,38-26-,39-25-,44-43+/t29-/m1/s1. The summed E-state index contributed by atoms with van der Waals surface area (Å²) in [5, 5.41) is 10.3. The minimum atomic E-state index is -4.71. The van der Waals surface area contributed by atoms with Crippen LogP contribution in [0.15, 0.2) is 100 Å². The van der Waals surface area contributed by atoms with Crippen molar-refractivity contribution in [1.29, 1.82) is 0 Å². The molecule has 3 aromatic rings. The molecule has 0 bridgehead atoms. The summed E-state index contributed by atoms with van der Waals surface area (Å²) in [5.74, 6) is -3.18. The largest absolute Gasteiger partial charge is 0.461 e. The molecule has 2 amide bonds. The number of nitrogens with one attached hydrogen (secondary N) is 3. The number of alkyl halides is 3. The van der Waals surface area contributed by atoms with Gasteiger partial charge in [-0.3, -0.25) is 19.2 Å². The van der Waals surface area contributed by atoms with Crippen molar-refractivity contribution in [2.24, 2.45) is 21.1 Å². The van der Waals surface area contributed by atoms with E-state index in [0.29, 0.717) is 78.7 Å². The van der Waals surface area contributed by atoms with Crippen molar-refractivity contribution in [3.8, 4) is 0 Å². The number of H-pyrrole nitrogens is 2. The number of esters is 3. The van der Waals surface area contributed by atoms with Crippen molar-refractivity contribution in [2.45, 2.75) is 78.6 Å². The fourth-order valence-corrected chi connectivity index (χ4v) is 8.16. The van der Waals surface area contributed by atoms with E-state index >= 15 is 0 Å². The first-order valence-corrected chi connectivity index (χ1v) is 21.6. The summed E-state index contributed by atoms with van der Waals surface area (Å²) < 4.78 is 57.6. The van der Waals surface area contributed by atoms with Gasteiger partial charge >= 0.3 is 29.7 Å². The highest BCUT2D eigenvalue weighted by Crippen LogP contribution is 2.52. The second-order valence-electron chi connectivity index (χ2n) is 15.9. The van der Waals surface area contributed by atoms with Gasteiger partial charge in [-0.1, -0.05) is 75.2 Å². The lowest BCUT2D eigenvalue weighted by Crippen LogP contribution is -2.30. The molecule has 0 aliphatic carbocycles. The summed E-state index contributed by atoms with van der Waals surface area (Å²) in [4.78, 5) is 77.3. The van der Waals surface area contributed by atoms with Crippen LogP contribution in [0.1, 0.15) is 84.8 Å². The Kier molecular flexibility index (Phi) is 14.9. The Balaban J connectivity index is 1.56. The van der Waals surface area contributed by atoms with Crippen molar-refractivity contribution in [1.82, 2.24) is 15.3 Å². The molecule has 3 aliphatic heterocycles. The molecule has 5 heterocycles. The van der Waals surface area contributed by atoms with E-state index in [1.807, 2.05) is 6.92 Å². The lowest BCUT2D eigenvalue weighted by atomic mass is 9.94. The van der Waals surface area contributed by atoms with Crippen LogP contribution in [0.4, 0.5) is 13.2 Å². The highest BCUT2D eigenvalue weighted by molar-refractivity contribution is 6.48. The van der Waals surface area contributed by atoms with Crippen LogP contribution in [0, 0.1) is 19.8 Å². The van der Waals surface area contributed by atoms with Crippen molar-refractivity contribution in [3.63, 3.8) is 0 Å². The number of halogens is 3. The van der Waals surface area contributed by atoms with Crippen molar-refractivity contribution < 1.29 is 51.4 Å². The lowest BCUT2D eigenvalue weighted by molar-refractivity contribution is -0.166. The molecule has 0 unspecified atom stereocenters. The van der Waals surface area contributed by atoms with Gasteiger partial charge in [0.05, 0.1) is 22.7 Å². The minimum Gasteiger partial charge on any atom is -0.461 e. The van der Waals surface area contributed by atoms with Gasteiger partial charge in [0.1, 0.15) is 25.4 Å². The van der Waals surface area contributed by atoms with Crippen LogP contribution in [0.25, 0.3) is 23.3 Å². The van der Waals surface area contributed by atoms with Crippen LogP contribution in [-0.4, -0.2) is 71.4 Å². The number of carbonyl (C=O) groups is 5. The molecule has 1 atom stereocenters. The number of aliphatic imine (C=N–C) groups is 1. The van der Waals surface area contributed by atoms with Gasteiger partial charge in [-0.2, -0.15) is 13.2 Å². The average Bonchev–Trinajstić information content (AvgIpc) is 3.81. The Morgan fingerprint density at radius 1 is 0.836 bits per heavy atom. The molecule has 3 N–H and O–H groups in total. The number of amides is 2. The first-order valence-electron chi connectivity index (χ1n) is 21.6. The number of aromatic nitrogens is 2. The third kappa shape index (κ3) is 10.0. The second kappa shape index (κ2) is 20.4. The number of hydrogen-bond acceptors (Lipinski definition) is 10. The normalized spacial score (nSPS) is 18.3. The number of nitrogens with zero attached hydrogens (tertiary/aromatic N) is 3. The first-order chi connectivity index (χ1) is 31.9. The van der Waals surface area contributed by atoms with Gasteiger partial charge in [0.25, 0.3) is 11.8 Å². The van der Waals surface area contributed by atoms with Crippen LogP contribution in [-0.2, 0) is 56.7 Å². The van der Waals surface area contributed by atoms with Crippen LogP contribution < -0.4 is 16.0 Å². The molecule has 14 nitrogen and oxygen atoms in total. The molecular formula is C50H51F3N6O8. The van der Waals surface area contributed by atoms with Crippen LogP contribution in [0.3, 0.4) is 0 Å². The third-order valence-corrected chi connectivity index (χ3v) is 11.7. The van der Waals surface area contributed by atoms with Gasteiger partial charge in [-0.25, -0.2) is 9.79 Å². The molecule has 0 saturated heterocycles. The predicted molar refractivity (Wildman–Crippen MR) is 245 cm³/mol. The highest BCUT2D eigenvalue weighted by Gasteiger charge is 2.65. The molecule has 1 aromatic carbocycles. The van der Waals surface area contributed by atoms with Crippen molar-refractivity contribution in [3.05, 3.63) is 141 Å². The smallest absolute Gasteiger partial charge is 0.442 e. The van der Waals surface area contributed by atoms with Gasteiger partial charge in [0, 0.05) is 46.3 Å². The Morgan fingerprint density at radius 3 is 1.99 bits per heavy atom. The Morgan fingerprint density at radius 2 is 1.43 bits per heavy atom. The Bertz CT molecular complexity index is 2850. The van der Waals surface area contributed by atoms with E-state index in [9.17, 15) is 37.1 Å². The molecule has 3 aliphatic rings. The van der Waals surface area contributed by atoms with E-state index < -0.39 is 41.6 Å². The molecule has 17 heteroatoms. The first kappa shape index (κ1) is 49.0. The zero-order valence-electron chi connectivity index (χ0n) is 37.9. The van der Waals surface area contributed by atoms with E-state index in [-0.39, 0.29) is 68.3 Å². The maximum atomic E-state index is 14.0. The SMILES string of the molecule is C=CCOC(=O)CCc1c(/C=c2\[nH]/c(=C(/C(=O)OCC=C)C3=NC(=O)[C@H](C)/C3=C\C)c(C)c2CCC(=O)OCC=C)[nH]c(/C=C2\NC(=O)C(CC)=C2c2ccc(C3(C(F)(F)F)N=N3)cc2)c1C. The van der Waals surface area contributed by atoms with E-state index in [1.165, 1.54) is 42.5 Å². The zero-order chi connectivity index (χ0) is 48.8. The fourth-order valence-electron chi connectivity index (χ4n) is 8.16. The number of hydrogen-bond donors (Lipinski definition) is 3. The predicted octanol–water partition coefficient (Wildman–Crippen LogP) is 7.07. The highest BCUT2D eigenvalue weighted by atomic mass is 19.4. The summed E-state index contributed by atoms with van der Waals surface area (Å²) in [7, 11) is 0. The second-order valence-corrected chi connectivity index (χ2v) is 15.9. The summed E-state index contributed by atoms with van der Waals surface area (Å²) in [5.41, 5.74) is 3.27. The number of carbonyl (C=O) groups excluding carboxylic acids is 5. The summed E-state index contributed by atoms with van der Waals surface area (Å²) in [6.45, 7) is 19.6. The number of allylic oxidation sites excluding steroid dienone is 2. The maximum absolute atomic E-state index is 14.0. The quantitative estimate of drug-likeness (QED) is 0.0646. The molecule has 0 spiro atoms. The van der Waals surface area contributed by atoms with Crippen molar-refractivity contribution in [2.75, 3.05) is 19.8 Å². The van der Waals surface area contributed by atoms with Crippen LogP contribution in [0.5, 0.6) is 0 Å². The van der Waals surface area contributed by atoms with Gasteiger partial charge in [-0.15, -0.1) is 10.2 Å². The summed E-state index contributed by atoms with van der Waals surface area (Å²) in [6, 6.07) is 5.58. The molecular weight excluding hydrogens is 870 g/mol. The van der Waals surface area contributed by atoms with E-state index in [4.69, 9.17) is 14.2 Å². The molecule has 0 fully saturated rings. The zero-order valence-corrected chi connectivity index (χ0v) is 37.9. The number of aromatic amines is 2. The molecule has 67 heavy (non-hydrogen) atoms. The average molecular weight is 921 g/mol. The molecule has 0 saturated carbocycles. The lowest BCUT2D eigenvalue weighted by Gasteiger charge is -2.15. The van der Waals surface area contributed by atoms with E-state index in [2.05, 4.69) is 50.2 Å². The van der Waals surface area contributed by atoms with Gasteiger partial charge in [-0.05, 0) is 92.5 Å². The number of ether oxygens (including phenoxy) is 3. The van der Waals surface area contributed by atoms with E-state index in [0.717, 1.165) is 0 Å². The third-order valence-electron chi connectivity index (χ3n) is 11.7. The number of benzene rings is 1. The van der Waals surface area contributed by atoms with Crippen molar-refractivity contribution >= 4 is 58.7 Å². The van der Waals surface area contributed by atoms with Gasteiger partial charge in [0.2, 0.25) is 0 Å². The molecule has 0 radical (unpaired) electrons. The molecule has 6 rings (SSSR count). The monoisotopic (exact) mass is 920 g/mol.